The summed E-state index contributed by atoms with van der Waals surface area (Å²) in [7, 11) is 0. The van der Waals surface area contributed by atoms with Gasteiger partial charge in [-0.2, -0.15) is 10.2 Å². The minimum absolute atomic E-state index is 0.00143. The molecule has 222 valence electrons. The number of ketones is 1. The molecule has 4 heterocycles. The number of piperidine rings is 1. The monoisotopic (exact) mass is 584 g/mol. The molecule has 43 heavy (non-hydrogen) atoms. The maximum Gasteiger partial charge on any atom is 0.216 e. The van der Waals surface area contributed by atoms with Crippen LogP contribution in [0.5, 0.6) is 11.6 Å². The minimum atomic E-state index is -0.610. The Labute approximate surface area is 249 Å². The minimum Gasteiger partial charge on any atom is -0.483 e. The molecule has 2 aromatic heterocycles. The van der Waals surface area contributed by atoms with Crippen LogP contribution in [0.2, 0.25) is 0 Å². The maximum absolute atomic E-state index is 14.1. The third kappa shape index (κ3) is 6.50. The van der Waals surface area contributed by atoms with Crippen molar-refractivity contribution in [3.63, 3.8) is 0 Å². The average Bonchev–Trinajstić information content (AvgIpc) is 3.32. The van der Waals surface area contributed by atoms with Crippen LogP contribution in [-0.4, -0.2) is 62.1 Å². The van der Waals surface area contributed by atoms with E-state index in [2.05, 4.69) is 19.4 Å². The van der Waals surface area contributed by atoms with Crippen LogP contribution in [-0.2, 0) is 24.4 Å². The molecular formula is C32H33FN6O4. The molecule has 2 fully saturated rings. The van der Waals surface area contributed by atoms with E-state index in [4.69, 9.17) is 24.5 Å². The number of likely N-dealkylation sites (tertiary alicyclic amines) is 1. The molecule has 0 spiro atoms. The molecule has 1 atom stereocenters. The zero-order chi connectivity index (χ0) is 29.9. The van der Waals surface area contributed by atoms with E-state index >= 15 is 0 Å². The standard InChI is InChI=1S/C32H33FN6O4/c1-20-13-23(21(2)40)15-27-32(20)37-30(39(27)17-25-8-12-41-25)18-38-10-6-24(7-11-38)43-31-5-9-35-29(36-31)19-42-28-4-3-22(16-34)14-26(28)33/h3-5,9,13-15,24-25H,6-8,10-12,17-19H2,1-2H3/t25-/m0/s1. The predicted octanol–water partition coefficient (Wildman–Crippen LogP) is 4.76. The number of hydrogen-bond donors (Lipinski definition) is 0. The van der Waals surface area contributed by atoms with E-state index in [1.54, 1.807) is 19.2 Å². The Kier molecular flexibility index (Phi) is 8.31. The molecular weight excluding hydrogens is 551 g/mol. The highest BCUT2D eigenvalue weighted by molar-refractivity contribution is 5.98. The number of carbonyl (C=O) groups is 1. The molecule has 0 bridgehead atoms. The van der Waals surface area contributed by atoms with Crippen molar-refractivity contribution in [2.45, 2.75) is 65.0 Å². The largest absolute Gasteiger partial charge is 0.483 e. The first-order valence-electron chi connectivity index (χ1n) is 14.5. The van der Waals surface area contributed by atoms with Gasteiger partial charge in [0.1, 0.15) is 18.5 Å². The lowest BCUT2D eigenvalue weighted by molar-refractivity contribution is -0.0592. The van der Waals surface area contributed by atoms with Crippen molar-refractivity contribution in [1.82, 2.24) is 24.4 Å². The van der Waals surface area contributed by atoms with Gasteiger partial charge in [-0.25, -0.2) is 14.4 Å². The Bertz CT molecular complexity index is 1690. The van der Waals surface area contributed by atoms with Crippen LogP contribution in [0, 0.1) is 24.1 Å². The fourth-order valence-electron chi connectivity index (χ4n) is 5.50. The van der Waals surface area contributed by atoms with E-state index in [0.29, 0.717) is 23.8 Å². The van der Waals surface area contributed by atoms with E-state index in [-0.39, 0.29) is 35.9 Å². The molecule has 10 nitrogen and oxygen atoms in total. The van der Waals surface area contributed by atoms with Crippen LogP contribution in [0.4, 0.5) is 4.39 Å². The van der Waals surface area contributed by atoms with Crippen LogP contribution in [0.25, 0.3) is 11.0 Å². The fourth-order valence-corrected chi connectivity index (χ4v) is 5.50. The summed E-state index contributed by atoms with van der Waals surface area (Å²) >= 11 is 0. The third-order valence-corrected chi connectivity index (χ3v) is 7.99. The number of benzene rings is 2. The number of rotatable bonds is 10. The summed E-state index contributed by atoms with van der Waals surface area (Å²) in [6, 6.07) is 11.5. The molecule has 0 radical (unpaired) electrons. The van der Waals surface area contributed by atoms with Gasteiger partial charge in [-0.15, -0.1) is 0 Å². The molecule has 0 aliphatic carbocycles. The van der Waals surface area contributed by atoms with Crippen molar-refractivity contribution in [1.29, 1.82) is 5.26 Å². The highest BCUT2D eigenvalue weighted by atomic mass is 19.1. The molecule has 0 saturated carbocycles. The Balaban J connectivity index is 1.07. The van der Waals surface area contributed by atoms with Crippen LogP contribution in [0.3, 0.4) is 0 Å². The van der Waals surface area contributed by atoms with Crippen LogP contribution >= 0.6 is 0 Å². The summed E-state index contributed by atoms with van der Waals surface area (Å²) in [6.07, 6.45) is 4.44. The molecule has 4 aromatic rings. The number of fused-ring (bicyclic) bond motifs is 1. The molecule has 2 aliphatic heterocycles. The summed E-state index contributed by atoms with van der Waals surface area (Å²) in [5.41, 5.74) is 3.84. The number of nitrogens with zero attached hydrogens (tertiary/aromatic N) is 6. The zero-order valence-electron chi connectivity index (χ0n) is 24.3. The van der Waals surface area contributed by atoms with Crippen molar-refractivity contribution in [3.8, 4) is 17.7 Å². The van der Waals surface area contributed by atoms with Crippen LogP contribution in [0.15, 0.2) is 42.6 Å². The van der Waals surface area contributed by atoms with Crippen molar-refractivity contribution < 1.29 is 23.4 Å². The van der Waals surface area contributed by atoms with Gasteiger partial charge in [-0.1, -0.05) is 0 Å². The second-order valence-corrected chi connectivity index (χ2v) is 11.1. The molecule has 0 amide bonds. The summed E-state index contributed by atoms with van der Waals surface area (Å²) < 4.78 is 33.8. The number of carbonyl (C=O) groups excluding carboxylic acids is 1. The molecule has 2 saturated heterocycles. The Morgan fingerprint density at radius 1 is 1.16 bits per heavy atom. The number of ether oxygens (including phenoxy) is 3. The van der Waals surface area contributed by atoms with E-state index in [1.807, 2.05) is 25.1 Å². The number of halogens is 1. The van der Waals surface area contributed by atoms with Gasteiger partial charge in [-0.3, -0.25) is 9.69 Å². The number of imidazole rings is 1. The van der Waals surface area contributed by atoms with Gasteiger partial charge in [0.05, 0.1) is 41.9 Å². The van der Waals surface area contributed by atoms with Crippen LogP contribution in [0.1, 0.15) is 59.3 Å². The highest BCUT2D eigenvalue weighted by Crippen LogP contribution is 2.27. The smallest absolute Gasteiger partial charge is 0.216 e. The topological polar surface area (TPSA) is 115 Å². The first-order valence-corrected chi connectivity index (χ1v) is 14.5. The second-order valence-electron chi connectivity index (χ2n) is 11.1. The SMILES string of the molecule is CC(=O)c1cc(C)c2nc(CN3CCC(Oc4ccnc(COc5ccc(C#N)cc5F)n4)CC3)n(C[C@@H]3CCO3)c2c1. The van der Waals surface area contributed by atoms with E-state index in [0.717, 1.165) is 74.0 Å². The van der Waals surface area contributed by atoms with Crippen molar-refractivity contribution >= 4 is 16.8 Å². The van der Waals surface area contributed by atoms with E-state index in [1.165, 1.54) is 12.1 Å². The van der Waals surface area contributed by atoms with Crippen molar-refractivity contribution in [2.75, 3.05) is 19.7 Å². The number of aryl methyl sites for hydroxylation is 1. The molecule has 0 N–H and O–H groups in total. The highest BCUT2D eigenvalue weighted by Gasteiger charge is 2.26. The van der Waals surface area contributed by atoms with Gasteiger partial charge in [0.2, 0.25) is 5.88 Å². The van der Waals surface area contributed by atoms with Crippen molar-refractivity contribution in [3.05, 3.63) is 76.8 Å². The molecule has 6 rings (SSSR count). The lowest BCUT2D eigenvalue weighted by Crippen LogP contribution is -2.39. The Hall–Kier alpha value is -4.40. The normalized spacial score (nSPS) is 17.4. The Morgan fingerprint density at radius 3 is 2.67 bits per heavy atom. The van der Waals surface area contributed by atoms with Gasteiger partial charge in [-0.05, 0) is 69.0 Å². The average molecular weight is 585 g/mol. The Morgan fingerprint density at radius 2 is 1.98 bits per heavy atom. The quantitative estimate of drug-likeness (QED) is 0.243. The van der Waals surface area contributed by atoms with Gasteiger partial charge in [0.25, 0.3) is 0 Å². The van der Waals surface area contributed by atoms with E-state index in [9.17, 15) is 9.18 Å². The molecule has 2 aliphatic rings. The number of nitriles is 1. The van der Waals surface area contributed by atoms with Gasteiger partial charge in [0, 0.05) is 37.5 Å². The number of Topliss-reactive ketones (excluding diaryl/α,β-unsaturated/α-hetero) is 1. The van der Waals surface area contributed by atoms with Gasteiger partial charge >= 0.3 is 0 Å². The third-order valence-electron chi connectivity index (χ3n) is 7.99. The first-order chi connectivity index (χ1) is 20.9. The summed E-state index contributed by atoms with van der Waals surface area (Å²) in [4.78, 5) is 28.2. The summed E-state index contributed by atoms with van der Waals surface area (Å²) in [6.45, 7) is 7.46. The number of hydrogen-bond acceptors (Lipinski definition) is 9. The van der Waals surface area contributed by atoms with Crippen LogP contribution < -0.4 is 9.47 Å². The fraction of sp³-hybridized carbons (Fsp3) is 0.406. The zero-order valence-corrected chi connectivity index (χ0v) is 24.3. The molecule has 0 unspecified atom stereocenters. The van der Waals surface area contributed by atoms with E-state index < -0.39 is 5.82 Å². The maximum atomic E-state index is 14.1. The first kappa shape index (κ1) is 28.7. The van der Waals surface area contributed by atoms with Gasteiger partial charge in [0.15, 0.2) is 23.2 Å². The molecule has 11 heteroatoms. The lowest BCUT2D eigenvalue weighted by Gasteiger charge is -2.32. The summed E-state index contributed by atoms with van der Waals surface area (Å²) in [5.74, 6) is 1.27. The molecule has 2 aromatic carbocycles. The second kappa shape index (κ2) is 12.5. The lowest BCUT2D eigenvalue weighted by atomic mass is 10.1. The summed E-state index contributed by atoms with van der Waals surface area (Å²) in [5, 5.41) is 8.91. The number of aromatic nitrogens is 4. The predicted molar refractivity (Wildman–Crippen MR) is 155 cm³/mol. The van der Waals surface area contributed by atoms with Crippen molar-refractivity contribution in [2.24, 2.45) is 0 Å². The van der Waals surface area contributed by atoms with Gasteiger partial charge < -0.3 is 18.8 Å².